The fourth-order valence-corrected chi connectivity index (χ4v) is 3.29. The smallest absolute Gasteiger partial charge is 0.231 e. The van der Waals surface area contributed by atoms with E-state index in [1.54, 1.807) is 0 Å². The average Bonchev–Trinajstić information content (AvgIpc) is 3.14. The van der Waals surface area contributed by atoms with Crippen LogP contribution in [0, 0.1) is 6.92 Å². The predicted molar refractivity (Wildman–Crippen MR) is 101 cm³/mol. The largest absolute Gasteiger partial charge is 0.454 e. The lowest BCUT2D eigenvalue weighted by Gasteiger charge is -2.34. The van der Waals surface area contributed by atoms with Crippen LogP contribution in [0.25, 0.3) is 0 Å². The van der Waals surface area contributed by atoms with Gasteiger partial charge < -0.3 is 24.6 Å². The summed E-state index contributed by atoms with van der Waals surface area (Å²) in [5.41, 5.74) is 2.10. The Morgan fingerprint density at radius 1 is 1.04 bits per heavy atom. The molecule has 7 nitrogen and oxygen atoms in total. The van der Waals surface area contributed by atoms with Gasteiger partial charge in [-0.3, -0.25) is 0 Å². The Morgan fingerprint density at radius 3 is 2.65 bits per heavy atom. The van der Waals surface area contributed by atoms with Gasteiger partial charge in [0.25, 0.3) is 0 Å². The zero-order valence-electron chi connectivity index (χ0n) is 15.4. The van der Waals surface area contributed by atoms with Crippen molar-refractivity contribution in [3.05, 3.63) is 35.5 Å². The number of benzene rings is 1. The van der Waals surface area contributed by atoms with E-state index in [-0.39, 0.29) is 0 Å². The molecular weight excluding hydrogens is 330 g/mol. The van der Waals surface area contributed by atoms with Crippen molar-refractivity contribution in [2.75, 3.05) is 49.7 Å². The summed E-state index contributed by atoms with van der Waals surface area (Å²) in [6, 6.07) is 7.98. The maximum absolute atomic E-state index is 5.44. The van der Waals surface area contributed by atoms with Crippen LogP contribution in [0.3, 0.4) is 0 Å². The summed E-state index contributed by atoms with van der Waals surface area (Å²) in [5.74, 6) is 3.27. The van der Waals surface area contributed by atoms with Gasteiger partial charge in [-0.25, -0.2) is 4.98 Å². The van der Waals surface area contributed by atoms with Crippen molar-refractivity contribution in [3.8, 4) is 11.5 Å². The summed E-state index contributed by atoms with van der Waals surface area (Å²) in [6.45, 7) is 10.4. The molecule has 0 atom stereocenters. The SMILES string of the molecule is CCN1CCN(c2nc(C)cc(NCc3ccc4c(c3)OCO4)n2)CC1. The first-order valence-electron chi connectivity index (χ1n) is 9.16. The minimum atomic E-state index is 0.298. The maximum atomic E-state index is 5.44. The van der Waals surface area contributed by atoms with Gasteiger partial charge in [0, 0.05) is 44.5 Å². The highest BCUT2D eigenvalue weighted by Crippen LogP contribution is 2.32. The van der Waals surface area contributed by atoms with Crippen LogP contribution in [0.15, 0.2) is 24.3 Å². The number of fused-ring (bicyclic) bond motifs is 1. The molecule has 7 heteroatoms. The number of piperazine rings is 1. The molecule has 138 valence electrons. The van der Waals surface area contributed by atoms with Gasteiger partial charge in [0.15, 0.2) is 11.5 Å². The predicted octanol–water partition coefficient (Wildman–Crippen LogP) is 2.27. The van der Waals surface area contributed by atoms with Gasteiger partial charge in [-0.1, -0.05) is 13.0 Å². The first-order valence-corrected chi connectivity index (χ1v) is 9.16. The molecule has 3 heterocycles. The number of aryl methyl sites for hydroxylation is 1. The second kappa shape index (κ2) is 7.37. The number of aromatic nitrogens is 2. The van der Waals surface area contributed by atoms with Crippen LogP contribution in [0.2, 0.25) is 0 Å². The van der Waals surface area contributed by atoms with Gasteiger partial charge in [-0.15, -0.1) is 0 Å². The van der Waals surface area contributed by atoms with Crippen molar-refractivity contribution < 1.29 is 9.47 Å². The third-order valence-corrected chi connectivity index (χ3v) is 4.86. The third kappa shape index (κ3) is 3.67. The molecule has 2 aromatic rings. The number of anilines is 2. The second-order valence-corrected chi connectivity index (χ2v) is 6.66. The molecule has 0 amide bonds. The molecule has 1 N–H and O–H groups in total. The number of nitrogens with one attached hydrogen (secondary N) is 1. The topological polar surface area (TPSA) is 62.8 Å². The van der Waals surface area contributed by atoms with E-state index in [4.69, 9.17) is 14.5 Å². The average molecular weight is 355 g/mol. The molecule has 0 saturated carbocycles. The Labute approximate surface area is 153 Å². The summed E-state index contributed by atoms with van der Waals surface area (Å²) in [5, 5.41) is 3.41. The first kappa shape index (κ1) is 16.9. The summed E-state index contributed by atoms with van der Waals surface area (Å²) in [4.78, 5) is 14.1. The Hall–Kier alpha value is -2.54. The number of hydrogen-bond donors (Lipinski definition) is 1. The minimum absolute atomic E-state index is 0.298. The Kier molecular flexibility index (Phi) is 4.79. The van der Waals surface area contributed by atoms with Crippen molar-refractivity contribution in [2.24, 2.45) is 0 Å². The summed E-state index contributed by atoms with van der Waals surface area (Å²) < 4.78 is 10.8. The molecule has 0 aliphatic carbocycles. The number of hydrogen-bond acceptors (Lipinski definition) is 7. The standard InChI is InChI=1S/C19H25N5O2/c1-3-23-6-8-24(9-7-23)19-21-14(2)10-18(22-19)20-12-15-4-5-16-17(11-15)26-13-25-16/h4-5,10-11H,3,6-9,12-13H2,1-2H3,(H,20,21,22). The molecule has 1 aromatic carbocycles. The van der Waals surface area contributed by atoms with Crippen LogP contribution >= 0.6 is 0 Å². The van der Waals surface area contributed by atoms with Crippen molar-refractivity contribution in [1.82, 2.24) is 14.9 Å². The van der Waals surface area contributed by atoms with Crippen LogP contribution < -0.4 is 19.7 Å². The number of rotatable bonds is 5. The van der Waals surface area contributed by atoms with Crippen molar-refractivity contribution in [2.45, 2.75) is 20.4 Å². The molecule has 0 spiro atoms. The zero-order chi connectivity index (χ0) is 17.9. The lowest BCUT2D eigenvalue weighted by Crippen LogP contribution is -2.46. The van der Waals surface area contributed by atoms with Crippen LogP contribution in [0.1, 0.15) is 18.2 Å². The van der Waals surface area contributed by atoms with Gasteiger partial charge in [0.2, 0.25) is 12.7 Å². The number of nitrogens with zero attached hydrogens (tertiary/aromatic N) is 4. The van der Waals surface area contributed by atoms with Gasteiger partial charge in [0.05, 0.1) is 0 Å². The van der Waals surface area contributed by atoms with Gasteiger partial charge in [-0.2, -0.15) is 4.98 Å². The van der Waals surface area contributed by atoms with E-state index in [9.17, 15) is 0 Å². The van der Waals surface area contributed by atoms with Crippen LogP contribution in [0.5, 0.6) is 11.5 Å². The Balaban J connectivity index is 1.43. The highest BCUT2D eigenvalue weighted by atomic mass is 16.7. The fraction of sp³-hybridized carbons (Fsp3) is 0.474. The molecular formula is C19H25N5O2. The van der Waals surface area contributed by atoms with Crippen LogP contribution in [0.4, 0.5) is 11.8 Å². The van der Waals surface area contributed by atoms with Gasteiger partial charge in [-0.05, 0) is 31.2 Å². The molecule has 0 unspecified atom stereocenters. The summed E-state index contributed by atoms with van der Waals surface area (Å²) in [6.07, 6.45) is 0. The lowest BCUT2D eigenvalue weighted by molar-refractivity contribution is 0.174. The second-order valence-electron chi connectivity index (χ2n) is 6.66. The molecule has 1 fully saturated rings. The first-order chi connectivity index (χ1) is 12.7. The maximum Gasteiger partial charge on any atom is 0.231 e. The van der Waals surface area contributed by atoms with E-state index < -0.39 is 0 Å². The fourth-order valence-electron chi connectivity index (χ4n) is 3.29. The molecule has 1 saturated heterocycles. The molecule has 26 heavy (non-hydrogen) atoms. The van der Waals surface area contributed by atoms with Crippen LogP contribution in [-0.4, -0.2) is 54.4 Å². The number of likely N-dealkylation sites (N-methyl/N-ethyl adjacent to an activating group) is 1. The quantitative estimate of drug-likeness (QED) is 0.883. The molecule has 0 bridgehead atoms. The zero-order valence-corrected chi connectivity index (χ0v) is 15.4. The molecule has 4 rings (SSSR count). The Morgan fingerprint density at radius 2 is 1.85 bits per heavy atom. The van der Waals surface area contributed by atoms with E-state index in [1.165, 1.54) is 0 Å². The summed E-state index contributed by atoms with van der Waals surface area (Å²) >= 11 is 0. The van der Waals surface area contributed by atoms with Gasteiger partial charge >= 0.3 is 0 Å². The van der Waals surface area contributed by atoms with E-state index in [0.29, 0.717) is 13.3 Å². The third-order valence-electron chi connectivity index (χ3n) is 4.86. The molecule has 0 radical (unpaired) electrons. The van der Waals surface area contributed by atoms with Crippen molar-refractivity contribution in [1.29, 1.82) is 0 Å². The van der Waals surface area contributed by atoms with Gasteiger partial charge in [0.1, 0.15) is 5.82 Å². The highest BCUT2D eigenvalue weighted by molar-refractivity contribution is 5.47. The van der Waals surface area contributed by atoms with Crippen LogP contribution in [-0.2, 0) is 6.54 Å². The normalized spacial score (nSPS) is 16.8. The monoisotopic (exact) mass is 355 g/mol. The Bertz CT molecular complexity index is 775. The molecule has 2 aliphatic rings. The number of ether oxygens (including phenoxy) is 2. The van der Waals surface area contributed by atoms with E-state index >= 15 is 0 Å². The molecule has 1 aromatic heterocycles. The van der Waals surface area contributed by atoms with E-state index in [1.807, 2.05) is 31.2 Å². The van der Waals surface area contributed by atoms with E-state index in [2.05, 4.69) is 27.0 Å². The van der Waals surface area contributed by atoms with Crippen molar-refractivity contribution in [3.63, 3.8) is 0 Å². The summed E-state index contributed by atoms with van der Waals surface area (Å²) in [7, 11) is 0. The lowest BCUT2D eigenvalue weighted by atomic mass is 10.2. The van der Waals surface area contributed by atoms with E-state index in [0.717, 1.165) is 67.2 Å². The van der Waals surface area contributed by atoms with Crippen molar-refractivity contribution >= 4 is 11.8 Å². The minimum Gasteiger partial charge on any atom is -0.454 e. The highest BCUT2D eigenvalue weighted by Gasteiger charge is 2.18. The molecule has 2 aliphatic heterocycles.